The summed E-state index contributed by atoms with van der Waals surface area (Å²) in [5.41, 5.74) is 12.9. The first kappa shape index (κ1) is 17.2. The molecule has 26 heavy (non-hydrogen) atoms. The molecule has 136 valence electrons. The minimum atomic E-state index is -0.277. The number of allylic oxidation sites excluding steroid dienone is 2. The molecule has 2 heterocycles. The lowest BCUT2D eigenvalue weighted by molar-refractivity contribution is -0.00126. The molecule has 2 unspecified atom stereocenters. The molecular weight excluding hydrogens is 344 g/mol. The Labute approximate surface area is 157 Å². The number of carbonyl (C=O) groups is 1. The number of aromatic nitrogens is 1. The molecule has 1 saturated carbocycles. The zero-order chi connectivity index (χ0) is 18.6. The van der Waals surface area contributed by atoms with E-state index in [1.807, 2.05) is 19.9 Å². The molecule has 1 amide bonds. The van der Waals surface area contributed by atoms with Crippen LogP contribution in [0, 0.1) is 31.1 Å². The SMILES string of the molecule is Cc1cc(C)c2c(N)c(C(=O)N/N=C/C3=CCC4CC3C4(C)C)sc2n1. The molecule has 3 N–H and O–H groups in total. The van der Waals surface area contributed by atoms with Gasteiger partial charge in [-0.1, -0.05) is 19.9 Å². The lowest BCUT2D eigenvalue weighted by atomic mass is 9.49. The van der Waals surface area contributed by atoms with Crippen LogP contribution in [0.3, 0.4) is 0 Å². The van der Waals surface area contributed by atoms with E-state index in [2.05, 4.69) is 35.4 Å². The number of pyridine rings is 1. The molecule has 5 rings (SSSR count). The van der Waals surface area contributed by atoms with Crippen molar-refractivity contribution in [2.24, 2.45) is 22.4 Å². The third-order valence-corrected chi connectivity index (χ3v) is 7.22. The second kappa shape index (κ2) is 5.91. The second-order valence-corrected chi connectivity index (χ2v) is 9.05. The lowest BCUT2D eigenvalue weighted by Crippen LogP contribution is -2.48. The first-order chi connectivity index (χ1) is 12.3. The van der Waals surface area contributed by atoms with Crippen molar-refractivity contribution < 1.29 is 4.79 Å². The van der Waals surface area contributed by atoms with Gasteiger partial charge >= 0.3 is 0 Å². The van der Waals surface area contributed by atoms with Crippen molar-refractivity contribution in [2.75, 3.05) is 5.73 Å². The molecule has 2 bridgehead atoms. The number of carbonyl (C=O) groups excluding carboxylic acids is 1. The van der Waals surface area contributed by atoms with E-state index in [-0.39, 0.29) is 5.91 Å². The summed E-state index contributed by atoms with van der Waals surface area (Å²) >= 11 is 1.32. The Bertz CT molecular complexity index is 970. The molecule has 5 nitrogen and oxygen atoms in total. The third kappa shape index (κ3) is 2.55. The van der Waals surface area contributed by atoms with Gasteiger partial charge in [-0.2, -0.15) is 5.10 Å². The molecule has 1 fully saturated rings. The van der Waals surface area contributed by atoms with Crippen LogP contribution in [-0.2, 0) is 0 Å². The molecule has 2 atom stereocenters. The number of hydrogen-bond donors (Lipinski definition) is 2. The number of amides is 1. The van der Waals surface area contributed by atoms with E-state index in [0.29, 0.717) is 21.9 Å². The first-order valence-electron chi connectivity index (χ1n) is 8.98. The van der Waals surface area contributed by atoms with Crippen LogP contribution in [0.25, 0.3) is 10.2 Å². The number of hydrazone groups is 1. The van der Waals surface area contributed by atoms with Crippen molar-refractivity contribution in [3.05, 3.63) is 33.9 Å². The van der Waals surface area contributed by atoms with Crippen molar-refractivity contribution in [2.45, 2.75) is 40.5 Å². The highest BCUT2D eigenvalue weighted by Gasteiger charge is 2.50. The van der Waals surface area contributed by atoms with Gasteiger partial charge in [-0.15, -0.1) is 11.3 Å². The van der Waals surface area contributed by atoms with Gasteiger partial charge in [-0.25, -0.2) is 10.4 Å². The molecule has 0 aromatic carbocycles. The van der Waals surface area contributed by atoms with Crippen molar-refractivity contribution >= 4 is 39.4 Å². The van der Waals surface area contributed by atoms with E-state index in [1.165, 1.54) is 23.3 Å². The van der Waals surface area contributed by atoms with Gasteiger partial charge in [0, 0.05) is 11.1 Å². The monoisotopic (exact) mass is 368 g/mol. The summed E-state index contributed by atoms with van der Waals surface area (Å²) in [7, 11) is 0. The average molecular weight is 369 g/mol. The van der Waals surface area contributed by atoms with E-state index in [4.69, 9.17) is 5.73 Å². The van der Waals surface area contributed by atoms with Crippen molar-refractivity contribution in [1.29, 1.82) is 0 Å². The number of anilines is 1. The summed E-state index contributed by atoms with van der Waals surface area (Å²) in [4.78, 5) is 18.3. The van der Waals surface area contributed by atoms with E-state index in [9.17, 15) is 4.79 Å². The largest absolute Gasteiger partial charge is 0.397 e. The number of nitrogens with one attached hydrogen (secondary N) is 1. The number of aryl methyl sites for hydroxylation is 2. The van der Waals surface area contributed by atoms with Crippen LogP contribution in [0.5, 0.6) is 0 Å². The normalized spacial score (nSPS) is 23.8. The maximum atomic E-state index is 12.6. The minimum absolute atomic E-state index is 0.277. The number of nitrogens with two attached hydrogens (primary N) is 1. The Balaban J connectivity index is 1.53. The smallest absolute Gasteiger partial charge is 0.283 e. The Morgan fingerprint density at radius 2 is 2.23 bits per heavy atom. The summed E-state index contributed by atoms with van der Waals surface area (Å²) in [6.07, 6.45) is 6.39. The summed E-state index contributed by atoms with van der Waals surface area (Å²) in [5, 5.41) is 5.07. The van der Waals surface area contributed by atoms with Crippen LogP contribution in [0.2, 0.25) is 0 Å². The van der Waals surface area contributed by atoms with Gasteiger partial charge in [0.2, 0.25) is 0 Å². The zero-order valence-corrected chi connectivity index (χ0v) is 16.4. The van der Waals surface area contributed by atoms with Crippen molar-refractivity contribution in [3.63, 3.8) is 0 Å². The number of fused-ring (bicyclic) bond motifs is 2. The van der Waals surface area contributed by atoms with Gasteiger partial charge in [-0.05, 0) is 61.1 Å². The summed E-state index contributed by atoms with van der Waals surface area (Å²) < 4.78 is 0. The molecule has 0 saturated heterocycles. The standard InChI is InChI=1S/C20H24N4OS/c1-10-7-11(2)23-19-15(10)16(21)17(26-19)18(25)24-22-9-12-5-6-13-8-14(12)20(13,3)4/h5,7,9,13-14H,6,8,21H2,1-4H3,(H,24,25)/b22-9+. The predicted octanol–water partition coefficient (Wildman–Crippen LogP) is 4.20. The second-order valence-electron chi connectivity index (χ2n) is 8.05. The number of rotatable bonds is 3. The van der Waals surface area contributed by atoms with Gasteiger partial charge in [0.05, 0.1) is 11.9 Å². The predicted molar refractivity (Wildman–Crippen MR) is 108 cm³/mol. The third-order valence-electron chi connectivity index (χ3n) is 6.12. The van der Waals surface area contributed by atoms with Crippen LogP contribution >= 0.6 is 11.3 Å². The van der Waals surface area contributed by atoms with Gasteiger partial charge in [0.1, 0.15) is 9.71 Å². The summed E-state index contributed by atoms with van der Waals surface area (Å²) in [6, 6.07) is 1.98. The molecule has 3 aliphatic rings. The Kier molecular flexibility index (Phi) is 3.91. The highest BCUT2D eigenvalue weighted by molar-refractivity contribution is 7.21. The zero-order valence-electron chi connectivity index (χ0n) is 15.6. The lowest BCUT2D eigenvalue weighted by Gasteiger charge is -2.55. The molecule has 0 radical (unpaired) electrons. The molecular formula is C20H24N4OS. The number of nitrogens with zero attached hydrogens (tertiary/aromatic N) is 2. The van der Waals surface area contributed by atoms with E-state index < -0.39 is 0 Å². The Hall–Kier alpha value is -2.21. The van der Waals surface area contributed by atoms with Crippen LogP contribution in [-0.4, -0.2) is 17.1 Å². The van der Waals surface area contributed by atoms with Crippen LogP contribution < -0.4 is 11.2 Å². The van der Waals surface area contributed by atoms with Gasteiger partial charge in [0.15, 0.2) is 0 Å². The molecule has 2 aromatic rings. The fourth-order valence-electron chi connectivity index (χ4n) is 4.40. The fourth-order valence-corrected chi connectivity index (χ4v) is 5.51. The maximum absolute atomic E-state index is 12.6. The molecule has 0 spiro atoms. The highest BCUT2D eigenvalue weighted by atomic mass is 32.1. The summed E-state index contributed by atoms with van der Waals surface area (Å²) in [5.74, 6) is 1.06. The van der Waals surface area contributed by atoms with Gasteiger partial charge in [-0.3, -0.25) is 4.79 Å². The van der Waals surface area contributed by atoms with Gasteiger partial charge in [0.25, 0.3) is 5.91 Å². The number of thiophene rings is 1. The van der Waals surface area contributed by atoms with Crippen LogP contribution in [0.1, 0.15) is 47.6 Å². The van der Waals surface area contributed by atoms with Crippen LogP contribution in [0.15, 0.2) is 22.8 Å². The molecule has 3 aliphatic carbocycles. The van der Waals surface area contributed by atoms with Crippen molar-refractivity contribution in [1.82, 2.24) is 10.4 Å². The Morgan fingerprint density at radius 1 is 1.46 bits per heavy atom. The topological polar surface area (TPSA) is 80.4 Å². The summed E-state index contributed by atoms with van der Waals surface area (Å²) in [6.45, 7) is 8.57. The quantitative estimate of drug-likeness (QED) is 0.629. The van der Waals surface area contributed by atoms with Gasteiger partial charge < -0.3 is 5.73 Å². The molecule has 2 aromatic heterocycles. The number of nitrogen functional groups attached to an aromatic ring is 1. The first-order valence-corrected chi connectivity index (χ1v) is 9.80. The average Bonchev–Trinajstić information content (AvgIpc) is 2.91. The highest BCUT2D eigenvalue weighted by Crippen LogP contribution is 2.58. The molecule has 6 heteroatoms. The minimum Gasteiger partial charge on any atom is -0.397 e. The van der Waals surface area contributed by atoms with Crippen LogP contribution in [0.4, 0.5) is 5.69 Å². The van der Waals surface area contributed by atoms with E-state index in [0.717, 1.165) is 33.8 Å². The van der Waals surface area contributed by atoms with E-state index in [1.54, 1.807) is 6.21 Å². The fraction of sp³-hybridized carbons (Fsp3) is 0.450. The number of hydrogen-bond acceptors (Lipinski definition) is 5. The maximum Gasteiger partial charge on any atom is 0.283 e. The van der Waals surface area contributed by atoms with Crippen molar-refractivity contribution in [3.8, 4) is 0 Å². The Morgan fingerprint density at radius 3 is 2.92 bits per heavy atom. The van der Waals surface area contributed by atoms with E-state index >= 15 is 0 Å². The molecule has 0 aliphatic heterocycles.